The molecule has 0 aliphatic rings. The number of thioether (sulfide) groups is 1. The van der Waals surface area contributed by atoms with Gasteiger partial charge in [0.1, 0.15) is 12.1 Å². The summed E-state index contributed by atoms with van der Waals surface area (Å²) in [6.07, 6.45) is 9.18. The van der Waals surface area contributed by atoms with Gasteiger partial charge in [0, 0.05) is 23.8 Å². The average Bonchev–Trinajstić information content (AvgIpc) is 3.20. The SMILES string of the molecule is COc1cc(CNc2ccc(-n3ccnc3)nc2)c(SC)cc1OC. The Morgan fingerprint density at radius 3 is 2.56 bits per heavy atom. The van der Waals surface area contributed by atoms with Gasteiger partial charge in [-0.25, -0.2) is 9.97 Å². The van der Waals surface area contributed by atoms with Crippen LogP contribution in [0.3, 0.4) is 0 Å². The lowest BCUT2D eigenvalue weighted by Gasteiger charge is -2.15. The van der Waals surface area contributed by atoms with Gasteiger partial charge in [0.15, 0.2) is 11.5 Å². The summed E-state index contributed by atoms with van der Waals surface area (Å²) in [6.45, 7) is 0.669. The summed E-state index contributed by atoms with van der Waals surface area (Å²) in [7, 11) is 3.29. The van der Waals surface area contributed by atoms with Crippen LogP contribution in [-0.4, -0.2) is 35.0 Å². The van der Waals surface area contributed by atoms with Gasteiger partial charge in [-0.2, -0.15) is 0 Å². The molecule has 2 heterocycles. The second-order valence-electron chi connectivity index (χ2n) is 5.25. The molecule has 0 amide bonds. The van der Waals surface area contributed by atoms with Crippen molar-refractivity contribution in [2.75, 3.05) is 25.8 Å². The van der Waals surface area contributed by atoms with E-state index in [-0.39, 0.29) is 0 Å². The number of rotatable bonds is 7. The lowest BCUT2D eigenvalue weighted by Crippen LogP contribution is -2.03. The van der Waals surface area contributed by atoms with Gasteiger partial charge in [-0.15, -0.1) is 11.8 Å². The van der Waals surface area contributed by atoms with Crippen molar-refractivity contribution in [1.82, 2.24) is 14.5 Å². The third-order valence-electron chi connectivity index (χ3n) is 3.79. The van der Waals surface area contributed by atoms with Crippen molar-refractivity contribution in [2.24, 2.45) is 0 Å². The Balaban J connectivity index is 1.74. The van der Waals surface area contributed by atoms with E-state index in [0.717, 1.165) is 33.5 Å². The van der Waals surface area contributed by atoms with Gasteiger partial charge >= 0.3 is 0 Å². The fraction of sp³-hybridized carbons (Fsp3) is 0.222. The van der Waals surface area contributed by atoms with E-state index in [0.29, 0.717) is 6.54 Å². The highest BCUT2D eigenvalue weighted by Crippen LogP contribution is 2.34. The van der Waals surface area contributed by atoms with Gasteiger partial charge in [0.25, 0.3) is 0 Å². The summed E-state index contributed by atoms with van der Waals surface area (Å²) in [5, 5.41) is 3.40. The second-order valence-corrected chi connectivity index (χ2v) is 6.10. The van der Waals surface area contributed by atoms with Crippen LogP contribution >= 0.6 is 11.8 Å². The number of aromatic nitrogens is 3. The lowest BCUT2D eigenvalue weighted by molar-refractivity contribution is 0.353. The molecule has 0 aliphatic carbocycles. The predicted molar refractivity (Wildman–Crippen MR) is 100 cm³/mol. The summed E-state index contributed by atoms with van der Waals surface area (Å²) in [5.41, 5.74) is 2.09. The molecule has 0 saturated heterocycles. The Morgan fingerprint density at radius 2 is 1.96 bits per heavy atom. The molecular weight excluding hydrogens is 336 g/mol. The Kier molecular flexibility index (Phi) is 5.45. The smallest absolute Gasteiger partial charge is 0.161 e. The normalized spacial score (nSPS) is 10.5. The molecule has 25 heavy (non-hydrogen) atoms. The largest absolute Gasteiger partial charge is 0.493 e. The van der Waals surface area contributed by atoms with Crippen LogP contribution < -0.4 is 14.8 Å². The van der Waals surface area contributed by atoms with Gasteiger partial charge < -0.3 is 14.8 Å². The summed E-state index contributed by atoms with van der Waals surface area (Å²) >= 11 is 1.68. The zero-order chi connectivity index (χ0) is 17.6. The molecule has 0 unspecified atom stereocenters. The van der Waals surface area contributed by atoms with Crippen molar-refractivity contribution < 1.29 is 9.47 Å². The van der Waals surface area contributed by atoms with E-state index in [1.165, 1.54) is 0 Å². The van der Waals surface area contributed by atoms with E-state index in [2.05, 4.69) is 15.3 Å². The van der Waals surface area contributed by atoms with Crippen molar-refractivity contribution >= 4 is 17.4 Å². The number of benzene rings is 1. The van der Waals surface area contributed by atoms with E-state index in [1.807, 2.05) is 47.5 Å². The summed E-state index contributed by atoms with van der Waals surface area (Å²) < 4.78 is 12.6. The summed E-state index contributed by atoms with van der Waals surface area (Å²) in [5.74, 6) is 2.30. The van der Waals surface area contributed by atoms with Crippen LogP contribution in [0, 0.1) is 0 Å². The molecule has 3 rings (SSSR count). The van der Waals surface area contributed by atoms with E-state index < -0.39 is 0 Å². The first kappa shape index (κ1) is 17.2. The molecule has 2 aromatic heterocycles. The highest BCUT2D eigenvalue weighted by molar-refractivity contribution is 7.98. The highest BCUT2D eigenvalue weighted by Gasteiger charge is 2.10. The van der Waals surface area contributed by atoms with Crippen LogP contribution in [0.25, 0.3) is 5.82 Å². The number of methoxy groups -OCH3 is 2. The Morgan fingerprint density at radius 1 is 1.16 bits per heavy atom. The Labute approximate surface area is 151 Å². The molecule has 7 heteroatoms. The van der Waals surface area contributed by atoms with Crippen LogP contribution in [0.5, 0.6) is 11.5 Å². The van der Waals surface area contributed by atoms with Gasteiger partial charge in [-0.05, 0) is 36.1 Å². The molecule has 1 N–H and O–H groups in total. The van der Waals surface area contributed by atoms with Crippen LogP contribution in [0.15, 0.2) is 54.1 Å². The van der Waals surface area contributed by atoms with Gasteiger partial charge in [-0.3, -0.25) is 4.57 Å². The van der Waals surface area contributed by atoms with Crippen LogP contribution in [0.2, 0.25) is 0 Å². The van der Waals surface area contributed by atoms with Crippen LogP contribution in [-0.2, 0) is 6.54 Å². The number of imidazole rings is 1. The monoisotopic (exact) mass is 356 g/mol. The molecule has 0 radical (unpaired) electrons. The molecular formula is C18H20N4O2S. The fourth-order valence-electron chi connectivity index (χ4n) is 2.47. The Bertz CT molecular complexity index is 820. The van der Waals surface area contributed by atoms with Crippen molar-refractivity contribution in [3.05, 3.63) is 54.7 Å². The zero-order valence-corrected chi connectivity index (χ0v) is 15.2. The third-order valence-corrected chi connectivity index (χ3v) is 4.61. The van der Waals surface area contributed by atoms with Crippen molar-refractivity contribution in [3.8, 4) is 17.3 Å². The van der Waals surface area contributed by atoms with E-state index >= 15 is 0 Å². The van der Waals surface area contributed by atoms with Crippen LogP contribution in [0.4, 0.5) is 5.69 Å². The van der Waals surface area contributed by atoms with Crippen molar-refractivity contribution in [3.63, 3.8) is 0 Å². The first-order chi connectivity index (χ1) is 12.2. The molecule has 0 bridgehead atoms. The summed E-state index contributed by atoms with van der Waals surface area (Å²) in [6, 6.07) is 7.96. The molecule has 130 valence electrons. The zero-order valence-electron chi connectivity index (χ0n) is 14.4. The molecule has 3 aromatic rings. The fourth-order valence-corrected chi connectivity index (χ4v) is 3.08. The number of anilines is 1. The van der Waals surface area contributed by atoms with Gasteiger partial charge in [0.2, 0.25) is 0 Å². The van der Waals surface area contributed by atoms with Gasteiger partial charge in [0.05, 0.1) is 26.1 Å². The predicted octanol–water partition coefficient (Wildman–Crippen LogP) is 3.62. The minimum atomic E-state index is 0.669. The maximum atomic E-state index is 5.40. The number of ether oxygens (including phenoxy) is 2. The Hall–Kier alpha value is -2.67. The first-order valence-corrected chi connectivity index (χ1v) is 8.94. The maximum absolute atomic E-state index is 5.40. The average molecular weight is 356 g/mol. The first-order valence-electron chi connectivity index (χ1n) is 7.72. The topological polar surface area (TPSA) is 61.2 Å². The molecule has 6 nitrogen and oxygen atoms in total. The molecule has 0 aliphatic heterocycles. The number of nitrogens with zero attached hydrogens (tertiary/aromatic N) is 3. The molecule has 0 fully saturated rings. The number of nitrogens with one attached hydrogen (secondary N) is 1. The quantitative estimate of drug-likeness (QED) is 0.653. The minimum Gasteiger partial charge on any atom is -0.493 e. The van der Waals surface area contributed by atoms with E-state index in [1.54, 1.807) is 38.5 Å². The van der Waals surface area contributed by atoms with Crippen molar-refractivity contribution in [2.45, 2.75) is 11.4 Å². The number of hydrogen-bond donors (Lipinski definition) is 1. The third kappa shape index (κ3) is 3.88. The van der Waals surface area contributed by atoms with Gasteiger partial charge in [-0.1, -0.05) is 0 Å². The highest BCUT2D eigenvalue weighted by atomic mass is 32.2. The number of pyridine rings is 1. The lowest BCUT2D eigenvalue weighted by atomic mass is 10.2. The molecule has 0 atom stereocenters. The van der Waals surface area contributed by atoms with E-state index in [9.17, 15) is 0 Å². The maximum Gasteiger partial charge on any atom is 0.161 e. The molecule has 0 spiro atoms. The van der Waals surface area contributed by atoms with Crippen LogP contribution in [0.1, 0.15) is 5.56 Å². The molecule has 1 aromatic carbocycles. The summed E-state index contributed by atoms with van der Waals surface area (Å²) in [4.78, 5) is 9.62. The van der Waals surface area contributed by atoms with Crippen molar-refractivity contribution in [1.29, 1.82) is 0 Å². The number of hydrogen-bond acceptors (Lipinski definition) is 6. The standard InChI is InChI=1S/C18H20N4O2S/c1-23-15-8-13(17(25-3)9-16(15)24-2)10-20-14-4-5-18(21-11-14)22-7-6-19-12-22/h4-9,11-12,20H,10H2,1-3H3. The van der Waals surface area contributed by atoms with E-state index in [4.69, 9.17) is 9.47 Å². The minimum absolute atomic E-state index is 0.669. The second kappa shape index (κ2) is 7.94. The molecule has 0 saturated carbocycles.